The van der Waals surface area contributed by atoms with Crippen LogP contribution in [-0.4, -0.2) is 22.3 Å². The topological polar surface area (TPSA) is 53.4 Å². The van der Waals surface area contributed by atoms with E-state index in [1.54, 1.807) is 13.1 Å². The van der Waals surface area contributed by atoms with Gasteiger partial charge in [-0.15, -0.1) is 0 Å². The van der Waals surface area contributed by atoms with E-state index in [2.05, 4.69) is 48.3 Å². The van der Waals surface area contributed by atoms with Gasteiger partial charge in [-0.05, 0) is 37.1 Å². The third kappa shape index (κ3) is 3.33. The largest absolute Gasteiger partial charge is 0.490 e. The molecule has 1 aromatic heterocycles. The minimum atomic E-state index is -0.246. The zero-order valence-electron chi connectivity index (χ0n) is 14.8. The quantitative estimate of drug-likeness (QED) is 0.725. The van der Waals surface area contributed by atoms with Crippen molar-refractivity contribution in [2.24, 2.45) is 0 Å². The van der Waals surface area contributed by atoms with Crippen LogP contribution in [0.2, 0.25) is 0 Å². The number of hydrogen-bond acceptors (Lipinski definition) is 4. The first kappa shape index (κ1) is 16.4. The lowest BCUT2D eigenvalue weighted by atomic mass is 10.0. The van der Waals surface area contributed by atoms with Crippen LogP contribution >= 0.6 is 0 Å². The van der Waals surface area contributed by atoms with E-state index in [1.165, 1.54) is 11.1 Å². The monoisotopic (exact) mass is 348 g/mol. The minimum absolute atomic E-state index is 0.153. The summed E-state index contributed by atoms with van der Waals surface area (Å²) in [7, 11) is 0. The van der Waals surface area contributed by atoms with Gasteiger partial charge < -0.3 is 9.47 Å². The summed E-state index contributed by atoms with van der Waals surface area (Å²) >= 11 is 0. The molecule has 0 bridgehead atoms. The molecule has 0 unspecified atom stereocenters. The number of aromatic nitrogens is 2. The summed E-state index contributed by atoms with van der Waals surface area (Å²) in [5, 5.41) is 0. The van der Waals surface area contributed by atoms with E-state index in [0.717, 1.165) is 11.3 Å². The Balaban J connectivity index is 1.39. The molecule has 3 aromatic rings. The van der Waals surface area contributed by atoms with Crippen LogP contribution in [0.5, 0.6) is 11.8 Å². The Morgan fingerprint density at radius 1 is 1.15 bits per heavy atom. The van der Waals surface area contributed by atoms with Crippen molar-refractivity contribution in [3.05, 3.63) is 76.2 Å². The SMILES string of the molecule is Cc1cccc(-c2ccc(OC[C@@H]3Cn4cc(C)c(=O)nc4O3)cc2)c1. The lowest BCUT2D eigenvalue weighted by Crippen LogP contribution is -2.23. The van der Waals surface area contributed by atoms with Gasteiger partial charge in [0.05, 0.1) is 6.54 Å². The first-order valence-corrected chi connectivity index (χ1v) is 8.63. The fourth-order valence-electron chi connectivity index (χ4n) is 3.06. The molecule has 0 N–H and O–H groups in total. The predicted molar refractivity (Wildman–Crippen MR) is 99.8 cm³/mol. The molecule has 1 aliphatic rings. The number of hydrogen-bond donors (Lipinski definition) is 0. The van der Waals surface area contributed by atoms with Crippen molar-refractivity contribution >= 4 is 0 Å². The van der Waals surface area contributed by atoms with Gasteiger partial charge in [0, 0.05) is 11.8 Å². The number of rotatable bonds is 4. The molecule has 0 spiro atoms. The molecule has 0 radical (unpaired) electrons. The molecule has 2 aromatic carbocycles. The van der Waals surface area contributed by atoms with Crippen molar-refractivity contribution in [3.8, 4) is 22.9 Å². The first-order valence-electron chi connectivity index (χ1n) is 8.63. The van der Waals surface area contributed by atoms with E-state index in [-0.39, 0.29) is 11.7 Å². The Morgan fingerprint density at radius 2 is 1.96 bits per heavy atom. The Morgan fingerprint density at radius 3 is 2.73 bits per heavy atom. The molecule has 132 valence electrons. The van der Waals surface area contributed by atoms with Crippen molar-refractivity contribution in [3.63, 3.8) is 0 Å². The standard InChI is InChI=1S/C21H20N2O3/c1-14-4-3-5-17(10-14)16-6-8-18(9-7-16)25-13-19-12-23-11-15(2)20(24)22-21(23)26-19/h3-11,19H,12-13H2,1-2H3/t19-/m0/s1. The lowest BCUT2D eigenvalue weighted by Gasteiger charge is -2.11. The second-order valence-corrected chi connectivity index (χ2v) is 6.61. The van der Waals surface area contributed by atoms with Gasteiger partial charge in [-0.2, -0.15) is 4.98 Å². The average molecular weight is 348 g/mol. The molecule has 0 aliphatic carbocycles. The molecule has 0 amide bonds. The van der Waals surface area contributed by atoms with E-state index < -0.39 is 0 Å². The zero-order valence-corrected chi connectivity index (χ0v) is 14.8. The van der Waals surface area contributed by atoms with Gasteiger partial charge in [-0.1, -0.05) is 42.0 Å². The fourth-order valence-corrected chi connectivity index (χ4v) is 3.06. The maximum atomic E-state index is 11.6. The molecular formula is C21H20N2O3. The fraction of sp³-hybridized carbons (Fsp3) is 0.238. The molecule has 0 saturated carbocycles. The van der Waals surface area contributed by atoms with Gasteiger partial charge in [0.15, 0.2) is 6.10 Å². The molecule has 1 aliphatic heterocycles. The van der Waals surface area contributed by atoms with Gasteiger partial charge in [0.25, 0.3) is 11.6 Å². The molecule has 5 nitrogen and oxygen atoms in total. The highest BCUT2D eigenvalue weighted by Crippen LogP contribution is 2.24. The Labute approximate surface area is 151 Å². The number of fused-ring (bicyclic) bond motifs is 1. The van der Waals surface area contributed by atoms with Crippen molar-refractivity contribution in [1.82, 2.24) is 9.55 Å². The lowest BCUT2D eigenvalue weighted by molar-refractivity contribution is 0.143. The van der Waals surface area contributed by atoms with E-state index in [1.807, 2.05) is 16.7 Å². The smallest absolute Gasteiger partial charge is 0.300 e. The van der Waals surface area contributed by atoms with Crippen molar-refractivity contribution in [2.75, 3.05) is 6.61 Å². The van der Waals surface area contributed by atoms with Crippen LogP contribution < -0.4 is 15.0 Å². The van der Waals surface area contributed by atoms with E-state index in [9.17, 15) is 4.79 Å². The molecule has 0 saturated heterocycles. The summed E-state index contributed by atoms with van der Waals surface area (Å²) in [6.07, 6.45) is 1.63. The maximum absolute atomic E-state index is 11.6. The van der Waals surface area contributed by atoms with Crippen molar-refractivity contribution < 1.29 is 9.47 Å². The first-order chi connectivity index (χ1) is 12.6. The van der Waals surface area contributed by atoms with Crippen LogP contribution in [-0.2, 0) is 6.54 Å². The number of nitrogens with zero attached hydrogens (tertiary/aromatic N) is 2. The summed E-state index contributed by atoms with van der Waals surface area (Å²) in [4.78, 5) is 15.5. The molecule has 2 heterocycles. The van der Waals surface area contributed by atoms with Crippen LogP contribution in [0.3, 0.4) is 0 Å². The van der Waals surface area contributed by atoms with Gasteiger partial charge in [0.2, 0.25) is 0 Å². The summed E-state index contributed by atoms with van der Waals surface area (Å²) < 4.78 is 13.4. The Hall–Kier alpha value is -3.08. The predicted octanol–water partition coefficient (Wildman–Crippen LogP) is 3.37. The molecule has 26 heavy (non-hydrogen) atoms. The molecule has 1 atom stereocenters. The third-order valence-corrected chi connectivity index (χ3v) is 4.44. The molecular weight excluding hydrogens is 328 g/mol. The zero-order chi connectivity index (χ0) is 18.1. The Kier molecular flexibility index (Phi) is 4.21. The van der Waals surface area contributed by atoms with Crippen LogP contribution in [0.15, 0.2) is 59.5 Å². The second-order valence-electron chi connectivity index (χ2n) is 6.61. The number of ether oxygens (including phenoxy) is 2. The number of benzene rings is 2. The molecule has 5 heteroatoms. The summed E-state index contributed by atoms with van der Waals surface area (Å²) in [6.45, 7) is 4.87. The van der Waals surface area contributed by atoms with Crippen molar-refractivity contribution in [1.29, 1.82) is 0 Å². The minimum Gasteiger partial charge on any atom is -0.490 e. The van der Waals surface area contributed by atoms with Crippen LogP contribution in [0.4, 0.5) is 0 Å². The van der Waals surface area contributed by atoms with E-state index in [0.29, 0.717) is 24.7 Å². The highest BCUT2D eigenvalue weighted by Gasteiger charge is 2.24. The van der Waals surface area contributed by atoms with E-state index in [4.69, 9.17) is 9.47 Å². The van der Waals surface area contributed by atoms with Crippen LogP contribution in [0.1, 0.15) is 11.1 Å². The molecule has 4 rings (SSSR count). The highest BCUT2D eigenvalue weighted by molar-refractivity contribution is 5.64. The molecule has 0 fully saturated rings. The Bertz CT molecular complexity index is 993. The summed E-state index contributed by atoms with van der Waals surface area (Å²) in [5.41, 5.74) is 3.96. The second kappa shape index (κ2) is 6.67. The van der Waals surface area contributed by atoms with Crippen LogP contribution in [0.25, 0.3) is 11.1 Å². The van der Waals surface area contributed by atoms with Crippen molar-refractivity contribution in [2.45, 2.75) is 26.5 Å². The average Bonchev–Trinajstić information content (AvgIpc) is 3.02. The van der Waals surface area contributed by atoms with Gasteiger partial charge in [-0.25, -0.2) is 0 Å². The van der Waals surface area contributed by atoms with E-state index >= 15 is 0 Å². The highest BCUT2D eigenvalue weighted by atomic mass is 16.6. The third-order valence-electron chi connectivity index (χ3n) is 4.44. The maximum Gasteiger partial charge on any atom is 0.300 e. The number of aryl methyl sites for hydroxylation is 2. The van der Waals surface area contributed by atoms with Gasteiger partial charge >= 0.3 is 0 Å². The summed E-state index contributed by atoms with van der Waals surface area (Å²) in [5.74, 6) is 0.791. The normalized spacial score (nSPS) is 15.4. The van der Waals surface area contributed by atoms with Crippen LogP contribution in [0, 0.1) is 13.8 Å². The van der Waals surface area contributed by atoms with Gasteiger partial charge in [-0.3, -0.25) is 9.36 Å². The summed E-state index contributed by atoms with van der Waals surface area (Å²) in [6, 6.07) is 16.8. The van der Waals surface area contributed by atoms with Gasteiger partial charge in [0.1, 0.15) is 12.4 Å².